The van der Waals surface area contributed by atoms with Gasteiger partial charge in [-0.2, -0.15) is 9.38 Å². The molecular formula is C9H11N5O2S. The van der Waals surface area contributed by atoms with Crippen LogP contribution in [0.4, 0.5) is 11.6 Å². The molecule has 1 aliphatic heterocycles. The number of hydrogen-bond acceptors (Lipinski definition) is 6. The van der Waals surface area contributed by atoms with E-state index in [-0.39, 0.29) is 16.8 Å². The molecule has 0 bridgehead atoms. The SMILES string of the molecule is NC1CCN(c2nc3sccn3c2[N+](=O)[O-])C1. The van der Waals surface area contributed by atoms with Crippen molar-refractivity contribution in [2.24, 2.45) is 5.73 Å². The smallest absolute Gasteiger partial charge is 0.358 e. The minimum absolute atomic E-state index is 0.0374. The fourth-order valence-electron chi connectivity index (χ4n) is 2.12. The van der Waals surface area contributed by atoms with Gasteiger partial charge < -0.3 is 20.7 Å². The van der Waals surface area contributed by atoms with Crippen molar-refractivity contribution in [2.45, 2.75) is 12.5 Å². The van der Waals surface area contributed by atoms with Gasteiger partial charge in [0.15, 0.2) is 0 Å². The molecule has 0 amide bonds. The van der Waals surface area contributed by atoms with Gasteiger partial charge in [0.1, 0.15) is 6.20 Å². The average molecular weight is 253 g/mol. The molecule has 2 aromatic heterocycles. The van der Waals surface area contributed by atoms with Crippen molar-refractivity contribution in [3.8, 4) is 0 Å². The summed E-state index contributed by atoms with van der Waals surface area (Å²) in [7, 11) is 0. The van der Waals surface area contributed by atoms with Crippen LogP contribution in [0.3, 0.4) is 0 Å². The van der Waals surface area contributed by atoms with E-state index in [0.717, 1.165) is 13.0 Å². The standard InChI is InChI=1S/C9H11N5O2S/c10-6-1-2-12(5-6)7-8(14(15)16)13-3-4-17-9(13)11-7/h3-4,6H,1-2,5,10H2. The molecule has 1 unspecified atom stereocenters. The topological polar surface area (TPSA) is 89.7 Å². The number of anilines is 1. The number of imidazole rings is 1. The van der Waals surface area contributed by atoms with Crippen LogP contribution >= 0.6 is 11.3 Å². The lowest BCUT2D eigenvalue weighted by Gasteiger charge is -2.13. The lowest BCUT2D eigenvalue weighted by atomic mass is 10.3. The Kier molecular flexibility index (Phi) is 2.26. The molecule has 1 atom stereocenters. The Morgan fingerprint density at radius 2 is 2.47 bits per heavy atom. The second-order valence-corrected chi connectivity index (χ2v) is 4.94. The third-order valence-electron chi connectivity index (χ3n) is 2.92. The number of fused-ring (bicyclic) bond motifs is 1. The second kappa shape index (κ2) is 3.67. The van der Waals surface area contributed by atoms with Gasteiger partial charge in [0.05, 0.1) is 0 Å². The number of aromatic nitrogens is 2. The molecular weight excluding hydrogens is 242 g/mol. The van der Waals surface area contributed by atoms with E-state index in [1.807, 2.05) is 4.90 Å². The van der Waals surface area contributed by atoms with Crippen LogP contribution in [-0.2, 0) is 0 Å². The highest BCUT2D eigenvalue weighted by Gasteiger charge is 2.31. The Hall–Kier alpha value is -1.67. The molecule has 2 aromatic rings. The first-order chi connectivity index (χ1) is 8.16. The summed E-state index contributed by atoms with van der Waals surface area (Å²) in [5.41, 5.74) is 5.81. The molecule has 3 heterocycles. The summed E-state index contributed by atoms with van der Waals surface area (Å²) >= 11 is 1.39. The summed E-state index contributed by atoms with van der Waals surface area (Å²) in [6.45, 7) is 1.36. The molecule has 0 radical (unpaired) electrons. The molecule has 0 aliphatic carbocycles. The van der Waals surface area contributed by atoms with Crippen LogP contribution in [0.15, 0.2) is 11.6 Å². The van der Waals surface area contributed by atoms with Gasteiger partial charge in [-0.25, -0.2) is 0 Å². The predicted molar refractivity (Wildman–Crippen MR) is 64.5 cm³/mol. The fraction of sp³-hybridized carbons (Fsp3) is 0.444. The first-order valence-corrected chi connectivity index (χ1v) is 6.15. The summed E-state index contributed by atoms with van der Waals surface area (Å²) in [5, 5.41) is 12.9. The van der Waals surface area contributed by atoms with Crippen molar-refractivity contribution in [2.75, 3.05) is 18.0 Å². The van der Waals surface area contributed by atoms with Gasteiger partial charge in [0.25, 0.3) is 4.96 Å². The minimum Gasteiger partial charge on any atom is -0.358 e. The van der Waals surface area contributed by atoms with Gasteiger partial charge in [-0.05, 0) is 11.3 Å². The van der Waals surface area contributed by atoms with E-state index in [1.54, 1.807) is 11.6 Å². The van der Waals surface area contributed by atoms with Crippen LogP contribution in [0.2, 0.25) is 0 Å². The van der Waals surface area contributed by atoms with Crippen LogP contribution in [0.5, 0.6) is 0 Å². The van der Waals surface area contributed by atoms with E-state index in [2.05, 4.69) is 4.98 Å². The molecule has 0 saturated carbocycles. The lowest BCUT2D eigenvalue weighted by molar-refractivity contribution is -0.389. The Morgan fingerprint density at radius 1 is 1.65 bits per heavy atom. The van der Waals surface area contributed by atoms with Crippen molar-refractivity contribution >= 4 is 27.9 Å². The normalized spacial score (nSPS) is 20.3. The van der Waals surface area contributed by atoms with Crippen LogP contribution in [0.25, 0.3) is 4.96 Å². The average Bonchev–Trinajstić information content (AvgIpc) is 2.88. The van der Waals surface area contributed by atoms with Crippen LogP contribution < -0.4 is 10.6 Å². The maximum atomic E-state index is 11.1. The van der Waals surface area contributed by atoms with Gasteiger partial charge in [0.2, 0.25) is 5.82 Å². The number of nitrogens with two attached hydrogens (primary N) is 1. The van der Waals surface area contributed by atoms with E-state index in [4.69, 9.17) is 5.73 Å². The van der Waals surface area contributed by atoms with Crippen molar-refractivity contribution in [3.63, 3.8) is 0 Å². The highest BCUT2D eigenvalue weighted by Crippen LogP contribution is 2.32. The maximum Gasteiger partial charge on any atom is 0.373 e. The zero-order chi connectivity index (χ0) is 12.0. The second-order valence-electron chi connectivity index (χ2n) is 4.07. The first kappa shape index (κ1) is 10.5. The van der Waals surface area contributed by atoms with Gasteiger partial charge in [-0.3, -0.25) is 0 Å². The quantitative estimate of drug-likeness (QED) is 0.632. The van der Waals surface area contributed by atoms with Crippen LogP contribution in [0.1, 0.15) is 6.42 Å². The third-order valence-corrected chi connectivity index (χ3v) is 3.67. The van der Waals surface area contributed by atoms with E-state index in [1.165, 1.54) is 15.7 Å². The van der Waals surface area contributed by atoms with Gasteiger partial charge in [0, 0.05) is 24.5 Å². The molecule has 1 saturated heterocycles. The lowest BCUT2D eigenvalue weighted by Crippen LogP contribution is -2.27. The zero-order valence-corrected chi connectivity index (χ0v) is 9.76. The molecule has 0 spiro atoms. The Balaban J connectivity index is 2.11. The monoisotopic (exact) mass is 253 g/mol. The number of hydrogen-bond donors (Lipinski definition) is 1. The van der Waals surface area contributed by atoms with Crippen molar-refractivity contribution < 1.29 is 4.92 Å². The largest absolute Gasteiger partial charge is 0.373 e. The Bertz CT molecular complexity index is 577. The van der Waals surface area contributed by atoms with E-state index in [0.29, 0.717) is 17.3 Å². The molecule has 90 valence electrons. The fourth-order valence-corrected chi connectivity index (χ4v) is 2.83. The number of nitrogens with zero attached hydrogens (tertiary/aromatic N) is 4. The molecule has 2 N–H and O–H groups in total. The summed E-state index contributed by atoms with van der Waals surface area (Å²) in [5.74, 6) is 0.477. The molecule has 3 rings (SSSR count). The molecule has 8 heteroatoms. The summed E-state index contributed by atoms with van der Waals surface area (Å²) in [6, 6.07) is 0.0781. The predicted octanol–water partition coefficient (Wildman–Crippen LogP) is 0.841. The third kappa shape index (κ3) is 1.56. The van der Waals surface area contributed by atoms with Crippen molar-refractivity contribution in [1.29, 1.82) is 0 Å². The van der Waals surface area contributed by atoms with Crippen LogP contribution in [0, 0.1) is 10.1 Å². The Morgan fingerprint density at radius 3 is 3.12 bits per heavy atom. The first-order valence-electron chi connectivity index (χ1n) is 5.27. The van der Waals surface area contributed by atoms with E-state index < -0.39 is 0 Å². The molecule has 1 aliphatic rings. The van der Waals surface area contributed by atoms with Crippen molar-refractivity contribution in [3.05, 3.63) is 21.7 Å². The summed E-state index contributed by atoms with van der Waals surface area (Å²) < 4.78 is 1.52. The van der Waals surface area contributed by atoms with Crippen LogP contribution in [-0.4, -0.2) is 33.4 Å². The van der Waals surface area contributed by atoms with Crippen molar-refractivity contribution in [1.82, 2.24) is 9.38 Å². The Labute approximate surface area is 101 Å². The summed E-state index contributed by atoms with van der Waals surface area (Å²) in [6.07, 6.45) is 2.52. The number of thiazole rings is 1. The maximum absolute atomic E-state index is 11.1. The highest BCUT2D eigenvalue weighted by molar-refractivity contribution is 7.15. The molecule has 0 aromatic carbocycles. The molecule has 7 nitrogen and oxygen atoms in total. The zero-order valence-electron chi connectivity index (χ0n) is 8.94. The molecule has 1 fully saturated rings. The van der Waals surface area contributed by atoms with Gasteiger partial charge in [-0.1, -0.05) is 11.3 Å². The minimum atomic E-state index is -0.383. The summed E-state index contributed by atoms with van der Waals surface area (Å²) in [4.78, 5) is 17.6. The van der Waals surface area contributed by atoms with E-state index >= 15 is 0 Å². The number of rotatable bonds is 2. The molecule has 17 heavy (non-hydrogen) atoms. The van der Waals surface area contributed by atoms with Gasteiger partial charge >= 0.3 is 5.82 Å². The van der Waals surface area contributed by atoms with Gasteiger partial charge in [-0.15, -0.1) is 0 Å². The highest BCUT2D eigenvalue weighted by atomic mass is 32.1. The van der Waals surface area contributed by atoms with E-state index in [9.17, 15) is 10.1 Å². The number of nitro groups is 1.